The maximum Gasteiger partial charge on any atom is 0.165 e. The van der Waals surface area contributed by atoms with Crippen molar-refractivity contribution in [2.24, 2.45) is 11.8 Å². The van der Waals surface area contributed by atoms with Gasteiger partial charge in [-0.25, -0.2) is 0 Å². The van der Waals surface area contributed by atoms with Crippen LogP contribution < -0.4 is 0 Å². The number of rotatable bonds is 4. The average molecular weight is 345 g/mol. The quantitative estimate of drug-likeness (QED) is 0.467. The fourth-order valence-electron chi connectivity index (χ4n) is 4.37. The zero-order chi connectivity index (χ0) is 16.1. The second-order valence-corrected chi connectivity index (χ2v) is 11.1. The van der Waals surface area contributed by atoms with E-state index in [0.717, 1.165) is 23.3 Å². The van der Waals surface area contributed by atoms with Crippen molar-refractivity contribution in [1.29, 1.82) is 5.26 Å². The van der Waals surface area contributed by atoms with Crippen LogP contribution in [0.4, 0.5) is 0 Å². The van der Waals surface area contributed by atoms with Gasteiger partial charge in [-0.05, 0) is 73.2 Å². The number of halogens is 1. The summed E-state index contributed by atoms with van der Waals surface area (Å²) in [6.45, 7) is 0. The van der Waals surface area contributed by atoms with Crippen molar-refractivity contribution in [3.05, 3.63) is 35.4 Å². The van der Waals surface area contributed by atoms with E-state index in [1.165, 1.54) is 69.0 Å². The third-order valence-electron chi connectivity index (χ3n) is 5.99. The Balaban J connectivity index is 1.40. The molecule has 0 unspecified atom stereocenters. The maximum absolute atomic E-state index is 8.90. The van der Waals surface area contributed by atoms with Crippen molar-refractivity contribution in [1.82, 2.24) is 0 Å². The molecule has 1 heterocycles. The van der Waals surface area contributed by atoms with Crippen LogP contribution in [-0.4, -0.2) is 8.11 Å². The van der Waals surface area contributed by atoms with Gasteiger partial charge in [0.1, 0.15) is 0 Å². The molecular formula is C20H27ClNSi. The molecule has 123 valence electrons. The van der Waals surface area contributed by atoms with Gasteiger partial charge in [0.25, 0.3) is 0 Å². The third kappa shape index (κ3) is 4.84. The summed E-state index contributed by atoms with van der Waals surface area (Å²) in [5.41, 5.74) is 2.21. The summed E-state index contributed by atoms with van der Waals surface area (Å²) >= 11 is 6.31. The minimum atomic E-state index is -0.458. The summed E-state index contributed by atoms with van der Waals surface area (Å²) < 4.78 is 0. The first-order valence-corrected chi connectivity index (χ1v) is 12.2. The Morgan fingerprint density at radius 1 is 0.913 bits per heavy atom. The molecule has 1 saturated heterocycles. The molecule has 1 nitrogen and oxygen atoms in total. The lowest BCUT2D eigenvalue weighted by Gasteiger charge is -2.31. The van der Waals surface area contributed by atoms with Gasteiger partial charge in [0.15, 0.2) is 8.11 Å². The first-order valence-electron chi connectivity index (χ1n) is 9.25. The topological polar surface area (TPSA) is 23.8 Å². The lowest BCUT2D eigenvalue weighted by Crippen LogP contribution is -2.18. The number of hydrogen-bond donors (Lipinski definition) is 0. The van der Waals surface area contributed by atoms with Gasteiger partial charge < -0.3 is 0 Å². The molecule has 0 aromatic heterocycles. The van der Waals surface area contributed by atoms with E-state index in [2.05, 4.69) is 18.2 Å². The van der Waals surface area contributed by atoms with Crippen molar-refractivity contribution in [2.75, 3.05) is 0 Å². The molecule has 0 amide bonds. The molecule has 3 rings (SSSR count). The van der Waals surface area contributed by atoms with Gasteiger partial charge >= 0.3 is 0 Å². The van der Waals surface area contributed by atoms with E-state index in [4.69, 9.17) is 16.3 Å². The van der Waals surface area contributed by atoms with Crippen LogP contribution >= 0.6 is 11.1 Å². The molecule has 0 spiro atoms. The minimum absolute atomic E-state index is 0.458. The first-order chi connectivity index (χ1) is 11.2. The number of hydrogen-bond acceptors (Lipinski definition) is 1. The second kappa shape index (κ2) is 8.35. The Hall–Kier alpha value is -0.783. The van der Waals surface area contributed by atoms with Crippen LogP contribution in [0.3, 0.4) is 0 Å². The highest BCUT2D eigenvalue weighted by Gasteiger charge is 2.25. The van der Waals surface area contributed by atoms with Gasteiger partial charge in [0.2, 0.25) is 0 Å². The fraction of sp³-hybridized carbons (Fsp3) is 0.650. The van der Waals surface area contributed by atoms with Crippen molar-refractivity contribution in [3.63, 3.8) is 0 Å². The third-order valence-corrected chi connectivity index (χ3v) is 8.79. The van der Waals surface area contributed by atoms with E-state index >= 15 is 0 Å². The smallest absolute Gasteiger partial charge is 0.165 e. The molecule has 1 saturated carbocycles. The van der Waals surface area contributed by atoms with E-state index in [9.17, 15) is 0 Å². The Labute approximate surface area is 147 Å². The zero-order valence-electron chi connectivity index (χ0n) is 13.9. The van der Waals surface area contributed by atoms with Gasteiger partial charge in [-0.2, -0.15) is 16.3 Å². The molecule has 0 atom stereocenters. The van der Waals surface area contributed by atoms with Crippen LogP contribution in [-0.2, 0) is 0 Å². The minimum Gasteiger partial charge on any atom is -0.192 e. The SMILES string of the molecule is N#Cc1ccc(C2CCC(CCC3CC[Si](Cl)CC3)CC2)cc1. The predicted octanol–water partition coefficient (Wildman–Crippen LogP) is 6.25. The zero-order valence-corrected chi connectivity index (χ0v) is 15.7. The normalized spacial score (nSPS) is 26.8. The van der Waals surface area contributed by atoms with Gasteiger partial charge in [0.05, 0.1) is 11.6 Å². The molecule has 2 fully saturated rings. The Morgan fingerprint density at radius 2 is 1.48 bits per heavy atom. The summed E-state index contributed by atoms with van der Waals surface area (Å²) in [6.07, 6.45) is 11.1. The van der Waals surface area contributed by atoms with Crippen LogP contribution in [0.25, 0.3) is 0 Å². The van der Waals surface area contributed by atoms with Crippen molar-refractivity contribution < 1.29 is 0 Å². The highest BCUT2D eigenvalue weighted by molar-refractivity contribution is 7.07. The summed E-state index contributed by atoms with van der Waals surface area (Å²) in [4.78, 5) is 0. The molecule has 3 heteroatoms. The Kier molecular flexibility index (Phi) is 6.19. The molecule has 23 heavy (non-hydrogen) atoms. The van der Waals surface area contributed by atoms with Crippen molar-refractivity contribution in [2.45, 2.75) is 69.4 Å². The number of nitrogens with zero attached hydrogens (tertiary/aromatic N) is 1. The van der Waals surface area contributed by atoms with E-state index in [1.807, 2.05) is 12.1 Å². The lowest BCUT2D eigenvalue weighted by atomic mass is 9.76. The molecule has 2 aliphatic rings. The Morgan fingerprint density at radius 3 is 2.04 bits per heavy atom. The summed E-state index contributed by atoms with van der Waals surface area (Å²) in [5, 5.41) is 8.90. The van der Waals surface area contributed by atoms with Crippen LogP contribution in [0, 0.1) is 23.2 Å². The van der Waals surface area contributed by atoms with Gasteiger partial charge in [-0.1, -0.05) is 37.8 Å². The standard InChI is InChI=1S/C20H27ClNSi/c21-23-13-11-17(12-14-23)2-1-16-3-7-19(8-4-16)20-9-5-18(15-22)6-10-20/h5-6,9-10,16-17,19H,1-4,7-8,11-14H2. The van der Waals surface area contributed by atoms with Gasteiger partial charge in [-0.3, -0.25) is 0 Å². The largest absolute Gasteiger partial charge is 0.192 e. The number of nitriles is 1. The first kappa shape index (κ1) is 17.1. The maximum atomic E-state index is 8.90. The van der Waals surface area contributed by atoms with E-state index in [1.54, 1.807) is 0 Å². The van der Waals surface area contributed by atoms with Crippen molar-refractivity contribution in [3.8, 4) is 6.07 Å². The molecule has 0 N–H and O–H groups in total. The molecule has 0 bridgehead atoms. The van der Waals surface area contributed by atoms with Crippen LogP contribution in [0.15, 0.2) is 24.3 Å². The highest BCUT2D eigenvalue weighted by atomic mass is 35.6. The van der Waals surface area contributed by atoms with Crippen LogP contribution in [0.2, 0.25) is 12.1 Å². The monoisotopic (exact) mass is 344 g/mol. The average Bonchev–Trinajstić information content (AvgIpc) is 2.62. The van der Waals surface area contributed by atoms with E-state index in [-0.39, 0.29) is 0 Å². The fourth-order valence-corrected chi connectivity index (χ4v) is 6.71. The van der Waals surface area contributed by atoms with Gasteiger partial charge in [-0.15, -0.1) is 0 Å². The molecule has 1 aliphatic heterocycles. The summed E-state index contributed by atoms with van der Waals surface area (Å²) in [7, 11) is -0.458. The molecule has 1 radical (unpaired) electrons. The predicted molar refractivity (Wildman–Crippen MR) is 99.0 cm³/mol. The lowest BCUT2D eigenvalue weighted by molar-refractivity contribution is 0.280. The van der Waals surface area contributed by atoms with Gasteiger partial charge in [0, 0.05) is 0 Å². The van der Waals surface area contributed by atoms with E-state index < -0.39 is 8.11 Å². The Bertz CT molecular complexity index is 520. The van der Waals surface area contributed by atoms with E-state index in [0.29, 0.717) is 0 Å². The van der Waals surface area contributed by atoms with Crippen LogP contribution in [0.1, 0.15) is 68.4 Å². The molecule has 1 aromatic rings. The summed E-state index contributed by atoms with van der Waals surface area (Å²) in [6, 6.07) is 13.1. The summed E-state index contributed by atoms with van der Waals surface area (Å²) in [5.74, 6) is 2.64. The van der Waals surface area contributed by atoms with Crippen LogP contribution in [0.5, 0.6) is 0 Å². The highest BCUT2D eigenvalue weighted by Crippen LogP contribution is 2.39. The molecule has 1 aliphatic carbocycles. The number of benzene rings is 1. The molecule has 1 aromatic carbocycles. The molecular weight excluding hydrogens is 318 g/mol. The second-order valence-electron chi connectivity index (χ2n) is 7.49. The van der Waals surface area contributed by atoms with Crippen molar-refractivity contribution >= 4 is 19.2 Å².